The Bertz CT molecular complexity index is 571. The van der Waals surface area contributed by atoms with Crippen molar-refractivity contribution in [2.75, 3.05) is 53.0 Å². The maximum Gasteiger partial charge on any atom is 0.191 e. The minimum absolute atomic E-state index is 0. The van der Waals surface area contributed by atoms with Crippen molar-refractivity contribution in [3.8, 4) is 0 Å². The smallest absolute Gasteiger partial charge is 0.191 e. The average Bonchev–Trinajstić information content (AvgIpc) is 2.61. The van der Waals surface area contributed by atoms with Gasteiger partial charge >= 0.3 is 0 Å². The zero-order valence-electron chi connectivity index (χ0n) is 15.5. The molecule has 1 aromatic carbocycles. The minimum atomic E-state index is 0. The number of guanidine groups is 1. The summed E-state index contributed by atoms with van der Waals surface area (Å²) in [5.74, 6) is 0.900. The number of halogens is 2. The second-order valence-corrected chi connectivity index (χ2v) is 7.86. The summed E-state index contributed by atoms with van der Waals surface area (Å²) >= 11 is 3.53. The lowest BCUT2D eigenvalue weighted by molar-refractivity contribution is 0.0389. The second kappa shape index (κ2) is 10.8. The van der Waals surface area contributed by atoms with E-state index in [1.165, 1.54) is 24.8 Å². The molecule has 0 amide bonds. The molecule has 1 aliphatic heterocycles. The first-order chi connectivity index (χ1) is 12.2. The van der Waals surface area contributed by atoms with Crippen LogP contribution in [0.5, 0.6) is 0 Å². The fourth-order valence-corrected chi connectivity index (χ4v) is 3.87. The Morgan fingerprint density at radius 1 is 1.19 bits per heavy atom. The molecule has 0 bridgehead atoms. The fraction of sp³-hybridized carbons (Fsp3) is 0.632. The van der Waals surface area contributed by atoms with Crippen LogP contribution in [0.2, 0.25) is 0 Å². The van der Waals surface area contributed by atoms with Gasteiger partial charge in [0, 0.05) is 49.7 Å². The summed E-state index contributed by atoms with van der Waals surface area (Å²) in [6.07, 6.45) is 3.79. The van der Waals surface area contributed by atoms with Crippen LogP contribution in [0, 0.1) is 0 Å². The Balaban J connectivity index is 0.00000243. The SMILES string of the molecule is CN=C(NCCN1CCOCC1)NCC1(c2ccc(Br)cc2)CCC1.I. The predicted molar refractivity (Wildman–Crippen MR) is 122 cm³/mol. The van der Waals surface area contributed by atoms with Gasteiger partial charge < -0.3 is 15.4 Å². The minimum Gasteiger partial charge on any atom is -0.379 e. The normalized spacial score (nSPS) is 20.0. The molecule has 1 aromatic rings. The number of rotatable bonds is 6. The molecule has 1 heterocycles. The van der Waals surface area contributed by atoms with Gasteiger partial charge in [-0.1, -0.05) is 34.5 Å². The molecule has 1 saturated heterocycles. The van der Waals surface area contributed by atoms with Gasteiger partial charge in [0.05, 0.1) is 13.2 Å². The van der Waals surface area contributed by atoms with Crippen molar-refractivity contribution in [2.24, 2.45) is 4.99 Å². The third-order valence-electron chi connectivity index (χ3n) is 5.41. The highest BCUT2D eigenvalue weighted by molar-refractivity contribution is 14.0. The van der Waals surface area contributed by atoms with Crippen LogP contribution in [-0.4, -0.2) is 63.8 Å². The molecule has 7 heteroatoms. The molecule has 1 saturated carbocycles. The van der Waals surface area contributed by atoms with E-state index in [4.69, 9.17) is 4.74 Å². The van der Waals surface area contributed by atoms with Crippen LogP contribution in [0.1, 0.15) is 24.8 Å². The molecule has 0 aromatic heterocycles. The molecule has 5 nitrogen and oxygen atoms in total. The maximum absolute atomic E-state index is 5.39. The molecule has 2 fully saturated rings. The summed E-state index contributed by atoms with van der Waals surface area (Å²) in [6.45, 7) is 6.63. The Morgan fingerprint density at radius 3 is 2.46 bits per heavy atom. The number of hydrogen-bond donors (Lipinski definition) is 2. The summed E-state index contributed by atoms with van der Waals surface area (Å²) in [7, 11) is 1.84. The Kier molecular flexibility index (Phi) is 9.12. The number of nitrogens with zero attached hydrogens (tertiary/aromatic N) is 2. The van der Waals surface area contributed by atoms with E-state index in [2.05, 4.69) is 60.7 Å². The predicted octanol–water partition coefficient (Wildman–Crippen LogP) is 2.99. The van der Waals surface area contributed by atoms with Crippen LogP contribution < -0.4 is 10.6 Å². The van der Waals surface area contributed by atoms with Crippen molar-refractivity contribution in [1.29, 1.82) is 0 Å². The van der Waals surface area contributed by atoms with E-state index in [1.807, 2.05) is 7.05 Å². The van der Waals surface area contributed by atoms with Crippen molar-refractivity contribution in [2.45, 2.75) is 24.7 Å². The van der Waals surface area contributed by atoms with E-state index in [-0.39, 0.29) is 29.4 Å². The molecular formula is C19H30BrIN4O. The number of nitrogens with one attached hydrogen (secondary N) is 2. The number of ether oxygens (including phenoxy) is 1. The molecule has 2 aliphatic rings. The van der Waals surface area contributed by atoms with Gasteiger partial charge in [0.1, 0.15) is 0 Å². The highest BCUT2D eigenvalue weighted by Crippen LogP contribution is 2.43. The van der Waals surface area contributed by atoms with Crippen molar-refractivity contribution >= 4 is 45.9 Å². The standard InChI is InChI=1S/C19H29BrN4O.HI/c1-21-18(22-9-10-24-11-13-25-14-12-24)23-15-19(7-2-8-19)16-3-5-17(20)6-4-16;/h3-6H,2,7-15H2,1H3,(H2,21,22,23);1H. The Hall–Kier alpha value is -0.380. The fourth-order valence-electron chi connectivity index (χ4n) is 3.61. The van der Waals surface area contributed by atoms with Crippen LogP contribution in [0.15, 0.2) is 33.7 Å². The van der Waals surface area contributed by atoms with E-state index >= 15 is 0 Å². The molecule has 0 spiro atoms. The van der Waals surface area contributed by atoms with Gasteiger partial charge in [0.25, 0.3) is 0 Å². The molecule has 2 N–H and O–H groups in total. The molecule has 26 heavy (non-hydrogen) atoms. The summed E-state index contributed by atoms with van der Waals surface area (Å²) in [4.78, 5) is 6.81. The Morgan fingerprint density at radius 2 is 1.88 bits per heavy atom. The van der Waals surface area contributed by atoms with Gasteiger partial charge in [-0.3, -0.25) is 9.89 Å². The van der Waals surface area contributed by atoms with Crippen molar-refractivity contribution in [3.05, 3.63) is 34.3 Å². The lowest BCUT2D eigenvalue weighted by Gasteiger charge is -2.43. The molecule has 0 atom stereocenters. The van der Waals surface area contributed by atoms with Gasteiger partial charge in [-0.25, -0.2) is 0 Å². The topological polar surface area (TPSA) is 48.9 Å². The molecule has 1 aliphatic carbocycles. The Labute approximate surface area is 182 Å². The largest absolute Gasteiger partial charge is 0.379 e. The van der Waals surface area contributed by atoms with Crippen LogP contribution in [0.3, 0.4) is 0 Å². The summed E-state index contributed by atoms with van der Waals surface area (Å²) in [5, 5.41) is 6.99. The van der Waals surface area contributed by atoms with Crippen LogP contribution in [-0.2, 0) is 10.2 Å². The van der Waals surface area contributed by atoms with Crippen LogP contribution in [0.4, 0.5) is 0 Å². The van der Waals surface area contributed by atoms with Gasteiger partial charge in [-0.15, -0.1) is 24.0 Å². The van der Waals surface area contributed by atoms with Crippen molar-refractivity contribution in [1.82, 2.24) is 15.5 Å². The third-order valence-corrected chi connectivity index (χ3v) is 5.94. The monoisotopic (exact) mass is 536 g/mol. The van der Waals surface area contributed by atoms with Gasteiger partial charge in [0.15, 0.2) is 5.96 Å². The molecular weight excluding hydrogens is 507 g/mol. The number of benzene rings is 1. The highest BCUT2D eigenvalue weighted by Gasteiger charge is 2.38. The first-order valence-electron chi connectivity index (χ1n) is 9.22. The lowest BCUT2D eigenvalue weighted by atomic mass is 9.64. The molecule has 0 radical (unpaired) electrons. The number of aliphatic imine (C=N–C) groups is 1. The summed E-state index contributed by atoms with van der Waals surface area (Å²) in [5.41, 5.74) is 1.68. The van der Waals surface area contributed by atoms with E-state index in [0.29, 0.717) is 0 Å². The first-order valence-corrected chi connectivity index (χ1v) is 10.0. The van der Waals surface area contributed by atoms with Crippen molar-refractivity contribution in [3.63, 3.8) is 0 Å². The van der Waals surface area contributed by atoms with Gasteiger partial charge in [-0.2, -0.15) is 0 Å². The lowest BCUT2D eigenvalue weighted by Crippen LogP contribution is -2.50. The van der Waals surface area contributed by atoms with Gasteiger partial charge in [-0.05, 0) is 30.5 Å². The summed E-state index contributed by atoms with van der Waals surface area (Å²) < 4.78 is 6.53. The quantitative estimate of drug-likeness (QED) is 0.333. The zero-order valence-corrected chi connectivity index (χ0v) is 19.4. The number of hydrogen-bond acceptors (Lipinski definition) is 3. The molecule has 0 unspecified atom stereocenters. The van der Waals surface area contributed by atoms with E-state index < -0.39 is 0 Å². The van der Waals surface area contributed by atoms with Gasteiger partial charge in [0.2, 0.25) is 0 Å². The van der Waals surface area contributed by atoms with E-state index in [9.17, 15) is 0 Å². The van der Waals surface area contributed by atoms with Crippen LogP contribution >= 0.6 is 39.9 Å². The third kappa shape index (κ3) is 5.81. The second-order valence-electron chi connectivity index (χ2n) is 6.95. The average molecular weight is 537 g/mol. The van der Waals surface area contributed by atoms with Crippen molar-refractivity contribution < 1.29 is 4.74 Å². The first kappa shape index (κ1) is 21.9. The van der Waals surface area contributed by atoms with E-state index in [1.54, 1.807) is 0 Å². The maximum atomic E-state index is 5.39. The highest BCUT2D eigenvalue weighted by atomic mass is 127. The molecule has 146 valence electrons. The summed E-state index contributed by atoms with van der Waals surface area (Å²) in [6, 6.07) is 8.79. The molecule has 3 rings (SSSR count). The zero-order chi connectivity index (χ0) is 17.5. The van der Waals surface area contributed by atoms with Crippen LogP contribution in [0.25, 0.3) is 0 Å². The number of morpholine rings is 1. The van der Waals surface area contributed by atoms with E-state index in [0.717, 1.165) is 56.4 Å².